The summed E-state index contributed by atoms with van der Waals surface area (Å²) in [5.41, 5.74) is 0.484. The van der Waals surface area contributed by atoms with Crippen molar-refractivity contribution in [2.24, 2.45) is 7.05 Å². The topological polar surface area (TPSA) is 59.3 Å². The van der Waals surface area contributed by atoms with Crippen LogP contribution in [0.4, 0.5) is 0 Å². The van der Waals surface area contributed by atoms with Crippen molar-refractivity contribution in [2.75, 3.05) is 0 Å². The van der Waals surface area contributed by atoms with Crippen LogP contribution in [0.15, 0.2) is 29.1 Å². The van der Waals surface area contributed by atoms with Gasteiger partial charge in [0.1, 0.15) is 4.88 Å². The number of hydrogen-bond donors (Lipinski definition) is 1. The lowest BCUT2D eigenvalue weighted by atomic mass is 10.2. The van der Waals surface area contributed by atoms with Gasteiger partial charge >= 0.3 is 5.97 Å². The maximum Gasteiger partial charge on any atom is 0.345 e. The van der Waals surface area contributed by atoms with E-state index in [1.807, 2.05) is 6.07 Å². The lowest BCUT2D eigenvalue weighted by Gasteiger charge is -2.06. The van der Waals surface area contributed by atoms with Crippen LogP contribution in [-0.2, 0) is 7.05 Å². The standard InChI is InChI=1S/C13H8ClNO3S/c1-15-9-4-6(14)2-3-7(9)11-8(12(15)16)5-10(19-11)13(17)18/h2-5H,1H3,(H,17,18). The number of carbonyl (C=O) groups is 1. The molecule has 3 rings (SSSR count). The van der Waals surface area contributed by atoms with Gasteiger partial charge in [-0.15, -0.1) is 11.3 Å². The lowest BCUT2D eigenvalue weighted by molar-refractivity contribution is 0.0702. The number of benzene rings is 1. The molecule has 1 N–H and O–H groups in total. The predicted molar refractivity (Wildman–Crippen MR) is 76.5 cm³/mol. The highest BCUT2D eigenvalue weighted by Crippen LogP contribution is 2.31. The lowest BCUT2D eigenvalue weighted by Crippen LogP contribution is -2.16. The van der Waals surface area contributed by atoms with Crippen LogP contribution in [0.5, 0.6) is 0 Å². The smallest absolute Gasteiger partial charge is 0.345 e. The van der Waals surface area contributed by atoms with Gasteiger partial charge in [0.15, 0.2) is 0 Å². The molecular formula is C13H8ClNO3S. The highest BCUT2D eigenvalue weighted by atomic mass is 35.5. The number of aryl methyl sites for hydroxylation is 1. The molecule has 0 radical (unpaired) electrons. The fourth-order valence-corrected chi connectivity index (χ4v) is 3.31. The van der Waals surface area contributed by atoms with Crippen molar-refractivity contribution in [1.82, 2.24) is 4.57 Å². The van der Waals surface area contributed by atoms with Crippen molar-refractivity contribution >= 4 is 49.9 Å². The molecule has 0 fully saturated rings. The van der Waals surface area contributed by atoms with E-state index in [1.165, 1.54) is 10.6 Å². The number of hydrogen-bond acceptors (Lipinski definition) is 3. The van der Waals surface area contributed by atoms with Crippen molar-refractivity contribution in [1.29, 1.82) is 0 Å². The second-order valence-electron chi connectivity index (χ2n) is 4.18. The van der Waals surface area contributed by atoms with Crippen molar-refractivity contribution in [2.45, 2.75) is 0 Å². The van der Waals surface area contributed by atoms with E-state index in [9.17, 15) is 9.59 Å². The Bertz CT molecular complexity index is 894. The van der Waals surface area contributed by atoms with Gasteiger partial charge in [-0.25, -0.2) is 4.79 Å². The summed E-state index contributed by atoms with van der Waals surface area (Å²) in [6.07, 6.45) is 0. The molecule has 96 valence electrons. The third-order valence-corrected chi connectivity index (χ3v) is 4.44. The molecular weight excluding hydrogens is 286 g/mol. The second kappa shape index (κ2) is 4.08. The van der Waals surface area contributed by atoms with Crippen molar-refractivity contribution in [3.63, 3.8) is 0 Å². The molecule has 0 aliphatic carbocycles. The van der Waals surface area contributed by atoms with Gasteiger partial charge in [-0.05, 0) is 24.3 Å². The molecule has 0 saturated carbocycles. The Morgan fingerprint density at radius 2 is 2.05 bits per heavy atom. The minimum absolute atomic E-state index is 0.162. The van der Waals surface area contributed by atoms with Crippen molar-refractivity contribution < 1.29 is 9.90 Å². The molecule has 1 aromatic carbocycles. The van der Waals surface area contributed by atoms with E-state index < -0.39 is 5.97 Å². The first-order chi connectivity index (χ1) is 8.99. The Kier molecular flexibility index (Phi) is 2.62. The normalized spacial score (nSPS) is 11.3. The molecule has 0 atom stereocenters. The minimum atomic E-state index is -1.02. The first kappa shape index (κ1) is 12.2. The Morgan fingerprint density at radius 1 is 1.32 bits per heavy atom. The van der Waals surface area contributed by atoms with Crippen molar-refractivity contribution in [3.05, 3.63) is 44.5 Å². The fraction of sp³-hybridized carbons (Fsp3) is 0.0769. The van der Waals surface area contributed by atoms with E-state index in [2.05, 4.69) is 0 Å². The number of aromatic nitrogens is 1. The highest BCUT2D eigenvalue weighted by molar-refractivity contribution is 7.21. The molecule has 19 heavy (non-hydrogen) atoms. The van der Waals surface area contributed by atoms with E-state index in [0.29, 0.717) is 20.6 Å². The van der Waals surface area contributed by atoms with Crippen LogP contribution in [0.1, 0.15) is 9.67 Å². The van der Waals surface area contributed by atoms with E-state index >= 15 is 0 Å². The van der Waals surface area contributed by atoms with Gasteiger partial charge < -0.3 is 9.67 Å². The zero-order chi connectivity index (χ0) is 13.7. The molecule has 0 bridgehead atoms. The van der Waals surface area contributed by atoms with E-state index in [1.54, 1.807) is 19.2 Å². The van der Waals surface area contributed by atoms with Gasteiger partial charge in [-0.3, -0.25) is 4.79 Å². The quantitative estimate of drug-likeness (QED) is 0.750. The monoisotopic (exact) mass is 293 g/mol. The average Bonchev–Trinajstić information content (AvgIpc) is 2.81. The fourth-order valence-electron chi connectivity index (χ4n) is 2.12. The molecule has 6 heteroatoms. The molecule has 2 aromatic heterocycles. The Hall–Kier alpha value is -1.85. The summed E-state index contributed by atoms with van der Waals surface area (Å²) in [7, 11) is 1.65. The van der Waals surface area contributed by atoms with Gasteiger partial charge in [0.05, 0.1) is 15.6 Å². The number of fused-ring (bicyclic) bond motifs is 3. The number of nitrogens with zero attached hydrogens (tertiary/aromatic N) is 1. The summed E-state index contributed by atoms with van der Waals surface area (Å²) in [5.74, 6) is -1.02. The molecule has 3 aromatic rings. The Morgan fingerprint density at radius 3 is 2.74 bits per heavy atom. The number of carboxylic acids is 1. The summed E-state index contributed by atoms with van der Waals surface area (Å²) in [6, 6.07) is 6.67. The number of aromatic carboxylic acids is 1. The van der Waals surface area contributed by atoms with Crippen LogP contribution in [0.25, 0.3) is 21.0 Å². The van der Waals surface area contributed by atoms with Crippen molar-refractivity contribution in [3.8, 4) is 0 Å². The Balaban J connectivity index is 2.59. The summed E-state index contributed by atoms with van der Waals surface area (Å²) in [4.78, 5) is 23.4. The molecule has 0 saturated heterocycles. The number of pyridine rings is 1. The summed E-state index contributed by atoms with van der Waals surface area (Å²) in [6.45, 7) is 0. The van der Waals surface area contributed by atoms with E-state index in [0.717, 1.165) is 16.7 Å². The van der Waals surface area contributed by atoms with Gasteiger partial charge in [0.2, 0.25) is 0 Å². The van der Waals surface area contributed by atoms with Crippen LogP contribution in [-0.4, -0.2) is 15.6 Å². The number of rotatable bonds is 1. The summed E-state index contributed by atoms with van der Waals surface area (Å²) < 4.78 is 2.18. The Labute approximate surface area is 116 Å². The summed E-state index contributed by atoms with van der Waals surface area (Å²) >= 11 is 7.05. The SMILES string of the molecule is Cn1c(=O)c2cc(C(=O)O)sc2c2ccc(Cl)cc21. The zero-order valence-corrected chi connectivity index (χ0v) is 11.4. The molecule has 0 amide bonds. The van der Waals surface area contributed by atoms with Gasteiger partial charge in [0, 0.05) is 17.5 Å². The van der Waals surface area contributed by atoms with Crippen LogP contribution >= 0.6 is 22.9 Å². The van der Waals surface area contributed by atoms with E-state index in [-0.39, 0.29) is 10.4 Å². The van der Waals surface area contributed by atoms with Gasteiger partial charge in [-0.1, -0.05) is 11.6 Å². The minimum Gasteiger partial charge on any atom is -0.477 e. The van der Waals surface area contributed by atoms with Gasteiger partial charge in [0.25, 0.3) is 5.56 Å². The number of halogens is 1. The van der Waals surface area contributed by atoms with E-state index in [4.69, 9.17) is 16.7 Å². The first-order valence-corrected chi connectivity index (χ1v) is 6.63. The number of thiophene rings is 1. The molecule has 4 nitrogen and oxygen atoms in total. The summed E-state index contributed by atoms with van der Waals surface area (Å²) in [5, 5.41) is 10.8. The third kappa shape index (κ3) is 1.74. The molecule has 0 spiro atoms. The molecule has 0 unspecified atom stereocenters. The van der Waals surface area contributed by atoms with Gasteiger partial charge in [-0.2, -0.15) is 0 Å². The van der Waals surface area contributed by atoms with Crippen LogP contribution < -0.4 is 5.56 Å². The molecule has 0 aliphatic heterocycles. The zero-order valence-electron chi connectivity index (χ0n) is 9.81. The van der Waals surface area contributed by atoms with Crippen LogP contribution in [0, 0.1) is 0 Å². The molecule has 0 aliphatic rings. The maximum absolute atomic E-state index is 12.2. The van der Waals surface area contributed by atoms with Crippen LogP contribution in [0.3, 0.4) is 0 Å². The average molecular weight is 294 g/mol. The predicted octanol–water partition coefficient (Wildman–Crippen LogP) is 3.10. The van der Waals surface area contributed by atoms with Crippen LogP contribution in [0.2, 0.25) is 5.02 Å². The molecule has 2 heterocycles. The second-order valence-corrected chi connectivity index (χ2v) is 5.67. The number of carboxylic acid groups (broad SMARTS) is 1. The highest BCUT2D eigenvalue weighted by Gasteiger charge is 2.15. The maximum atomic E-state index is 12.2. The largest absolute Gasteiger partial charge is 0.477 e. The third-order valence-electron chi connectivity index (χ3n) is 3.04. The first-order valence-electron chi connectivity index (χ1n) is 5.44.